The van der Waals surface area contributed by atoms with Crippen molar-refractivity contribution >= 4 is 31.6 Å². The Morgan fingerprint density at radius 3 is 2.12 bits per heavy atom. The highest BCUT2D eigenvalue weighted by Crippen LogP contribution is 2.34. The lowest BCUT2D eigenvalue weighted by Gasteiger charge is -2.12. The lowest BCUT2D eigenvalue weighted by atomic mass is 10.1. The van der Waals surface area contributed by atoms with Gasteiger partial charge in [-0.25, -0.2) is 13.4 Å². The van der Waals surface area contributed by atoms with Crippen LogP contribution in [0.4, 0.5) is 13.2 Å². The Balaban J connectivity index is 2.54. The van der Waals surface area contributed by atoms with Gasteiger partial charge in [-0.15, -0.1) is 0 Å². The third-order valence-electron chi connectivity index (χ3n) is 2.88. The molecule has 0 amide bonds. The van der Waals surface area contributed by atoms with Crippen molar-refractivity contribution in [2.45, 2.75) is 10.4 Å². The van der Waals surface area contributed by atoms with E-state index in [4.69, 9.17) is 11.6 Å². The summed E-state index contributed by atoms with van der Waals surface area (Å²) >= 11 is 5.75. The second-order valence-corrected chi connectivity index (χ2v) is 8.78. The smallest absolute Gasteiger partial charge is 0.355 e. The Labute approximate surface area is 146 Å². The second-order valence-electron chi connectivity index (χ2n) is 4.79. The molecule has 0 aliphatic heterocycles. The summed E-state index contributed by atoms with van der Waals surface area (Å²) in [5.41, 5.74) is -5.62. The molecule has 0 saturated carbocycles. The number of alkyl halides is 3. The van der Waals surface area contributed by atoms with Crippen molar-refractivity contribution in [1.29, 1.82) is 0 Å². The zero-order valence-corrected chi connectivity index (χ0v) is 14.7. The maximum atomic E-state index is 12.5. The zero-order valence-electron chi connectivity index (χ0n) is 12.3. The molecule has 0 atom stereocenters. The van der Waals surface area contributed by atoms with Gasteiger partial charge >= 0.3 is 15.6 Å². The summed E-state index contributed by atoms with van der Waals surface area (Å²) in [6.45, 7) is 0. The number of nitrogens with zero attached hydrogens (tertiary/aromatic N) is 1. The van der Waals surface area contributed by atoms with Crippen molar-refractivity contribution in [2.75, 3.05) is 6.26 Å². The highest BCUT2D eigenvalue weighted by molar-refractivity contribution is 7.90. The molecule has 0 spiro atoms. The Hall–Kier alpha value is -1.85. The molecule has 0 aliphatic rings. The fraction of sp³-hybridized carbons (Fsp3) is 0.154. The van der Waals surface area contributed by atoms with Crippen LogP contribution in [-0.4, -0.2) is 33.6 Å². The maximum absolute atomic E-state index is 12.5. The van der Waals surface area contributed by atoms with Gasteiger partial charge < -0.3 is 4.18 Å². The van der Waals surface area contributed by atoms with Crippen molar-refractivity contribution in [3.05, 3.63) is 41.6 Å². The molecule has 136 valence electrons. The van der Waals surface area contributed by atoms with Crippen LogP contribution in [0.25, 0.3) is 11.1 Å². The van der Waals surface area contributed by atoms with E-state index in [-0.39, 0.29) is 21.0 Å². The monoisotopic (exact) mass is 415 g/mol. The number of rotatable bonds is 4. The number of pyridine rings is 1. The first kappa shape index (κ1) is 19.5. The number of benzene rings is 1. The molecule has 25 heavy (non-hydrogen) atoms. The molecular formula is C13H9ClF3NO5S2. The lowest BCUT2D eigenvalue weighted by molar-refractivity contribution is -0.0501. The number of sulfone groups is 1. The van der Waals surface area contributed by atoms with Crippen LogP contribution in [0.2, 0.25) is 5.02 Å². The summed E-state index contributed by atoms with van der Waals surface area (Å²) in [6.07, 6.45) is 1.89. The van der Waals surface area contributed by atoms with Crippen LogP contribution in [-0.2, 0) is 20.0 Å². The van der Waals surface area contributed by atoms with Gasteiger partial charge in [0.25, 0.3) is 0 Å². The van der Waals surface area contributed by atoms with Crippen LogP contribution in [0, 0.1) is 0 Å². The van der Waals surface area contributed by atoms with Gasteiger partial charge in [-0.2, -0.15) is 21.6 Å². The van der Waals surface area contributed by atoms with Crippen LogP contribution < -0.4 is 4.18 Å². The molecular weight excluding hydrogens is 407 g/mol. The third-order valence-corrected chi connectivity index (χ3v) is 5.16. The molecule has 12 heteroatoms. The van der Waals surface area contributed by atoms with E-state index < -0.39 is 31.3 Å². The minimum Gasteiger partial charge on any atom is -0.355 e. The minimum atomic E-state index is -5.93. The number of hydrogen-bond donors (Lipinski definition) is 0. The first-order valence-corrected chi connectivity index (χ1v) is 9.96. The van der Waals surface area contributed by atoms with E-state index in [1.807, 2.05) is 0 Å². The molecule has 0 bridgehead atoms. The highest BCUT2D eigenvalue weighted by Gasteiger charge is 2.49. The van der Waals surface area contributed by atoms with E-state index in [0.29, 0.717) is 0 Å². The Morgan fingerprint density at radius 2 is 1.64 bits per heavy atom. The molecule has 0 N–H and O–H groups in total. The molecule has 1 heterocycles. The van der Waals surface area contributed by atoms with Crippen LogP contribution in [0.3, 0.4) is 0 Å². The number of halogens is 4. The van der Waals surface area contributed by atoms with Gasteiger partial charge in [0.2, 0.25) is 5.88 Å². The van der Waals surface area contributed by atoms with Gasteiger partial charge in [0.15, 0.2) is 9.84 Å². The van der Waals surface area contributed by atoms with Gasteiger partial charge in [0.1, 0.15) is 0 Å². The Morgan fingerprint density at radius 1 is 1.08 bits per heavy atom. The van der Waals surface area contributed by atoms with Crippen LogP contribution in [0.15, 0.2) is 41.4 Å². The summed E-state index contributed by atoms with van der Waals surface area (Å²) in [5, 5.41) is 0.0129. The molecule has 0 radical (unpaired) electrons. The van der Waals surface area contributed by atoms with Crippen LogP contribution in [0.5, 0.6) is 5.88 Å². The fourth-order valence-corrected chi connectivity index (χ4v) is 2.96. The average molecular weight is 416 g/mol. The SMILES string of the molecule is CS(=O)(=O)c1ccc(-c2cc(Cl)cnc2OS(=O)(=O)C(F)(F)F)cc1. The average Bonchev–Trinajstić information content (AvgIpc) is 2.47. The Bertz CT molecular complexity index is 1000. The molecule has 0 aliphatic carbocycles. The summed E-state index contributed by atoms with van der Waals surface area (Å²) in [5.74, 6) is -0.839. The normalized spacial score (nSPS) is 12.8. The molecule has 2 aromatic rings. The predicted molar refractivity (Wildman–Crippen MR) is 83.4 cm³/mol. The van der Waals surface area contributed by atoms with Gasteiger partial charge in [-0.3, -0.25) is 0 Å². The summed E-state index contributed by atoms with van der Waals surface area (Å²) < 4.78 is 86.7. The van der Waals surface area contributed by atoms with Gasteiger partial charge in [0.05, 0.1) is 9.92 Å². The molecule has 0 unspecified atom stereocenters. The highest BCUT2D eigenvalue weighted by atomic mass is 35.5. The molecule has 0 saturated heterocycles. The second kappa shape index (κ2) is 6.46. The van der Waals surface area contributed by atoms with E-state index in [0.717, 1.165) is 18.5 Å². The standard InChI is InChI=1S/C13H9ClF3NO5S2/c1-24(19,20)10-4-2-8(3-5-10)11-6-9(14)7-18-12(11)23-25(21,22)13(15,16)17/h2-7H,1H3. The summed E-state index contributed by atoms with van der Waals surface area (Å²) in [4.78, 5) is 3.44. The maximum Gasteiger partial charge on any atom is 0.534 e. The van der Waals surface area contributed by atoms with Crippen LogP contribution in [0.1, 0.15) is 0 Å². The van der Waals surface area contributed by atoms with Crippen molar-refractivity contribution in [3.8, 4) is 17.0 Å². The van der Waals surface area contributed by atoms with E-state index in [2.05, 4.69) is 9.17 Å². The predicted octanol–water partition coefficient (Wildman–Crippen LogP) is 3.03. The largest absolute Gasteiger partial charge is 0.534 e. The fourth-order valence-electron chi connectivity index (χ4n) is 1.73. The van der Waals surface area contributed by atoms with E-state index in [1.54, 1.807) is 0 Å². The first-order chi connectivity index (χ1) is 11.3. The molecule has 1 aromatic carbocycles. The lowest BCUT2D eigenvalue weighted by Crippen LogP contribution is -2.28. The molecule has 2 rings (SSSR count). The Kier molecular flexibility index (Phi) is 5.04. The van der Waals surface area contributed by atoms with Gasteiger partial charge in [-0.1, -0.05) is 23.7 Å². The molecule has 6 nitrogen and oxygen atoms in total. The number of aromatic nitrogens is 1. The number of hydrogen-bond acceptors (Lipinski definition) is 6. The van der Waals surface area contributed by atoms with Crippen molar-refractivity contribution in [2.24, 2.45) is 0 Å². The minimum absolute atomic E-state index is 0.0129. The molecule has 0 fully saturated rings. The van der Waals surface area contributed by atoms with Crippen molar-refractivity contribution in [3.63, 3.8) is 0 Å². The topological polar surface area (TPSA) is 90.4 Å². The quantitative estimate of drug-likeness (QED) is 0.563. The van der Waals surface area contributed by atoms with Crippen LogP contribution >= 0.6 is 11.6 Å². The van der Waals surface area contributed by atoms with Gasteiger partial charge in [0, 0.05) is 18.0 Å². The molecule has 1 aromatic heterocycles. The van der Waals surface area contributed by atoms with E-state index >= 15 is 0 Å². The third kappa shape index (κ3) is 4.41. The first-order valence-electron chi connectivity index (χ1n) is 6.28. The van der Waals surface area contributed by atoms with E-state index in [1.165, 1.54) is 24.3 Å². The van der Waals surface area contributed by atoms with Gasteiger partial charge in [-0.05, 0) is 23.8 Å². The summed E-state index contributed by atoms with van der Waals surface area (Å²) in [6, 6.07) is 6.07. The summed E-state index contributed by atoms with van der Waals surface area (Å²) in [7, 11) is -9.41. The van der Waals surface area contributed by atoms with Crippen molar-refractivity contribution in [1.82, 2.24) is 4.98 Å². The van der Waals surface area contributed by atoms with Crippen molar-refractivity contribution < 1.29 is 34.2 Å². The van der Waals surface area contributed by atoms with E-state index in [9.17, 15) is 30.0 Å². The zero-order chi connectivity index (χ0) is 19.0.